The lowest BCUT2D eigenvalue weighted by Crippen LogP contribution is -2.59. The van der Waals surface area contributed by atoms with Gasteiger partial charge in [-0.3, -0.25) is 0 Å². The average Bonchev–Trinajstić information content (AvgIpc) is 3.27. The van der Waals surface area contributed by atoms with Crippen LogP contribution in [-0.2, 0) is 4.74 Å². The highest BCUT2D eigenvalue weighted by Gasteiger charge is 2.87. The van der Waals surface area contributed by atoms with Crippen LogP contribution in [0.1, 0.15) is 100 Å². The number of aliphatic hydroxyl groups is 4. The summed E-state index contributed by atoms with van der Waals surface area (Å²) in [5, 5.41) is 44.6. The summed E-state index contributed by atoms with van der Waals surface area (Å²) in [6.45, 7) is 17.3. The van der Waals surface area contributed by atoms with Gasteiger partial charge in [-0.2, -0.15) is 0 Å². The number of aliphatic hydroxyl groups excluding tert-OH is 3. The average molecular weight is 503 g/mol. The van der Waals surface area contributed by atoms with Crippen LogP contribution in [0.5, 0.6) is 0 Å². The van der Waals surface area contributed by atoms with E-state index in [1.807, 2.05) is 0 Å². The molecule has 0 aromatic carbocycles. The Kier molecular flexibility index (Phi) is 5.07. The Morgan fingerprint density at radius 3 is 2.17 bits per heavy atom. The largest absolute Gasteiger partial charge is 0.489 e. The molecule has 6 rings (SSSR count). The van der Waals surface area contributed by atoms with Crippen LogP contribution in [0.4, 0.5) is 0 Å². The summed E-state index contributed by atoms with van der Waals surface area (Å²) in [5.41, 5.74) is -0.000781. The summed E-state index contributed by atoms with van der Waals surface area (Å²) in [5.74, 6) is 2.46. The minimum atomic E-state index is -1.26. The molecule has 0 amide bonds. The van der Waals surface area contributed by atoms with Crippen LogP contribution in [0.25, 0.3) is 0 Å². The molecule has 0 bridgehead atoms. The molecule has 0 aromatic heterocycles. The first-order chi connectivity index (χ1) is 16.5. The number of ether oxygens (including phenoxy) is 1. The molecular formula is C31H50O5. The summed E-state index contributed by atoms with van der Waals surface area (Å²) in [4.78, 5) is 0. The summed E-state index contributed by atoms with van der Waals surface area (Å²) < 4.78 is 6.50. The first-order valence-electron chi connectivity index (χ1n) is 14.7. The van der Waals surface area contributed by atoms with Crippen LogP contribution in [0.2, 0.25) is 0 Å². The standard InChI is InChI=1S/C31H50O5/c1-16-15-18(24(33)27(5,6)35)36-23-22(16)28(7)13-14-31-17(2)30(31)12-11-21(32)26(3,4)19(30)9-10-20(31)29(28,8)25(23)34/h16-21,24-25,32-35H,9-15H2,1-8H3/t16-,17?,18-,19+,20+,21+,24-,25+,28-,29-,30-,31+/m1/s1. The van der Waals surface area contributed by atoms with Crippen molar-refractivity contribution in [2.24, 2.45) is 50.7 Å². The van der Waals surface area contributed by atoms with Crippen molar-refractivity contribution in [1.29, 1.82) is 0 Å². The van der Waals surface area contributed by atoms with E-state index >= 15 is 0 Å². The first-order valence-corrected chi connectivity index (χ1v) is 14.7. The van der Waals surface area contributed by atoms with Gasteiger partial charge in [0.1, 0.15) is 24.1 Å². The summed E-state index contributed by atoms with van der Waals surface area (Å²) in [6.07, 6.45) is 4.71. The van der Waals surface area contributed by atoms with E-state index in [0.717, 1.165) is 32.1 Å². The molecule has 6 aliphatic rings. The van der Waals surface area contributed by atoms with E-state index in [1.165, 1.54) is 12.0 Å². The molecule has 0 aromatic rings. The number of hydrogen-bond donors (Lipinski definition) is 4. The summed E-state index contributed by atoms with van der Waals surface area (Å²) in [7, 11) is 0. The van der Waals surface area contributed by atoms with E-state index in [0.29, 0.717) is 29.9 Å². The quantitative estimate of drug-likeness (QED) is 0.435. The molecule has 5 nitrogen and oxygen atoms in total. The normalized spacial score (nSPS) is 55.9. The Hall–Kier alpha value is -0.620. The predicted octanol–water partition coefficient (Wildman–Crippen LogP) is 4.81. The van der Waals surface area contributed by atoms with Crippen LogP contribution in [-0.4, -0.2) is 50.4 Å². The maximum Gasteiger partial charge on any atom is 0.128 e. The zero-order chi connectivity index (χ0) is 26.4. The van der Waals surface area contributed by atoms with Gasteiger partial charge in [-0.05, 0) is 104 Å². The Morgan fingerprint density at radius 1 is 0.917 bits per heavy atom. The topological polar surface area (TPSA) is 90.2 Å². The number of allylic oxidation sites excluding steroid dienone is 1. The van der Waals surface area contributed by atoms with Crippen molar-refractivity contribution in [3.05, 3.63) is 11.3 Å². The minimum Gasteiger partial charge on any atom is -0.489 e. The van der Waals surface area contributed by atoms with Crippen molar-refractivity contribution in [1.82, 2.24) is 0 Å². The van der Waals surface area contributed by atoms with E-state index in [-0.39, 0.29) is 39.1 Å². The number of rotatable bonds is 2. The molecule has 4 saturated carbocycles. The molecule has 4 N–H and O–H groups in total. The molecule has 5 heteroatoms. The molecule has 0 radical (unpaired) electrons. The molecule has 1 aliphatic heterocycles. The second kappa shape index (κ2) is 7.11. The van der Waals surface area contributed by atoms with E-state index < -0.39 is 23.9 Å². The van der Waals surface area contributed by atoms with E-state index in [4.69, 9.17) is 4.74 Å². The Morgan fingerprint density at radius 2 is 1.53 bits per heavy atom. The Balaban J connectivity index is 1.40. The molecule has 2 spiro atoms. The van der Waals surface area contributed by atoms with Crippen molar-refractivity contribution in [3.63, 3.8) is 0 Å². The van der Waals surface area contributed by atoms with Gasteiger partial charge < -0.3 is 25.2 Å². The zero-order valence-corrected chi connectivity index (χ0v) is 23.8. The SMILES string of the molecule is CC1[C@@]23CC[C@]4(C)C5=C(O[C@@H]([C@@H](O)C(C)(C)O)C[C@H]5C)[C@H](O)[C@@]4(C)[C@@H]2CC[C@H]2C(C)(C)[C@@H](O)CC[C@@]123. The van der Waals surface area contributed by atoms with Crippen LogP contribution in [0, 0.1) is 50.7 Å². The maximum atomic E-state index is 12.2. The molecule has 1 heterocycles. The fourth-order valence-corrected chi connectivity index (χ4v) is 12.0. The molecule has 5 aliphatic carbocycles. The summed E-state index contributed by atoms with van der Waals surface area (Å²) >= 11 is 0. The number of hydrogen-bond acceptors (Lipinski definition) is 5. The summed E-state index contributed by atoms with van der Waals surface area (Å²) in [6, 6.07) is 0. The second-order valence-corrected chi connectivity index (χ2v) is 15.5. The van der Waals surface area contributed by atoms with Crippen molar-refractivity contribution in [2.75, 3.05) is 0 Å². The van der Waals surface area contributed by atoms with Crippen molar-refractivity contribution in [3.8, 4) is 0 Å². The van der Waals surface area contributed by atoms with Gasteiger partial charge >= 0.3 is 0 Å². The van der Waals surface area contributed by atoms with Gasteiger partial charge in [-0.25, -0.2) is 0 Å². The van der Waals surface area contributed by atoms with E-state index in [1.54, 1.807) is 13.8 Å². The minimum absolute atomic E-state index is 0.0630. The van der Waals surface area contributed by atoms with E-state index in [9.17, 15) is 20.4 Å². The third kappa shape index (κ3) is 2.54. The maximum absolute atomic E-state index is 12.2. The van der Waals surface area contributed by atoms with Crippen molar-refractivity contribution < 1.29 is 25.2 Å². The predicted molar refractivity (Wildman–Crippen MR) is 139 cm³/mol. The van der Waals surface area contributed by atoms with Crippen LogP contribution < -0.4 is 0 Å². The number of fused-ring (bicyclic) bond motifs is 3. The van der Waals surface area contributed by atoms with Gasteiger partial charge in [0, 0.05) is 10.8 Å². The van der Waals surface area contributed by atoms with Crippen molar-refractivity contribution >= 4 is 0 Å². The van der Waals surface area contributed by atoms with Crippen molar-refractivity contribution in [2.45, 2.75) is 130 Å². The lowest BCUT2D eigenvalue weighted by atomic mass is 9.41. The molecule has 36 heavy (non-hydrogen) atoms. The van der Waals surface area contributed by atoms with Gasteiger partial charge in [0.05, 0.1) is 11.7 Å². The van der Waals surface area contributed by atoms with Gasteiger partial charge in [-0.15, -0.1) is 0 Å². The monoisotopic (exact) mass is 502 g/mol. The highest BCUT2D eigenvalue weighted by atomic mass is 16.5. The fraction of sp³-hybridized carbons (Fsp3) is 0.935. The van der Waals surface area contributed by atoms with Crippen LogP contribution in [0.15, 0.2) is 11.3 Å². The molecule has 0 saturated heterocycles. The molecular weight excluding hydrogens is 452 g/mol. The molecule has 204 valence electrons. The fourth-order valence-electron chi connectivity index (χ4n) is 12.0. The Bertz CT molecular complexity index is 995. The molecule has 12 atom stereocenters. The van der Waals surface area contributed by atoms with Crippen LogP contribution in [0.3, 0.4) is 0 Å². The lowest BCUT2D eigenvalue weighted by Gasteiger charge is -2.63. The van der Waals surface area contributed by atoms with Gasteiger partial charge in [0.25, 0.3) is 0 Å². The third-order valence-corrected chi connectivity index (χ3v) is 14.0. The second-order valence-electron chi connectivity index (χ2n) is 15.5. The van der Waals surface area contributed by atoms with Gasteiger partial charge in [0.15, 0.2) is 0 Å². The van der Waals surface area contributed by atoms with Crippen LogP contribution >= 0.6 is 0 Å². The van der Waals surface area contributed by atoms with Gasteiger partial charge in [0.2, 0.25) is 0 Å². The molecule has 4 fully saturated rings. The zero-order valence-electron chi connectivity index (χ0n) is 23.8. The smallest absolute Gasteiger partial charge is 0.128 e. The Labute approximate surface area is 217 Å². The van der Waals surface area contributed by atoms with Gasteiger partial charge in [-0.1, -0.05) is 41.5 Å². The third-order valence-electron chi connectivity index (χ3n) is 14.0. The highest BCUT2D eigenvalue weighted by Crippen LogP contribution is 2.91. The first kappa shape index (κ1) is 25.6. The molecule has 1 unspecified atom stereocenters. The van der Waals surface area contributed by atoms with E-state index in [2.05, 4.69) is 41.5 Å². The lowest BCUT2D eigenvalue weighted by molar-refractivity contribution is -0.176. The highest BCUT2D eigenvalue weighted by molar-refractivity contribution is 5.43.